The minimum Gasteiger partial charge on any atom is -0.497 e. The molecule has 1 unspecified atom stereocenters. The highest BCUT2D eigenvalue weighted by molar-refractivity contribution is 5.40. The number of benzene rings is 1. The molecule has 0 saturated heterocycles. The van der Waals surface area contributed by atoms with Crippen LogP contribution in [0.3, 0.4) is 0 Å². The van der Waals surface area contributed by atoms with E-state index in [0.29, 0.717) is 12.6 Å². The van der Waals surface area contributed by atoms with Crippen molar-refractivity contribution in [3.63, 3.8) is 0 Å². The van der Waals surface area contributed by atoms with Gasteiger partial charge in [0.15, 0.2) is 0 Å². The van der Waals surface area contributed by atoms with Crippen LogP contribution in [-0.4, -0.2) is 26.8 Å². The Hall–Kier alpha value is -1.26. The number of hydrogen-bond acceptors (Lipinski definition) is 4. The highest BCUT2D eigenvalue weighted by Gasteiger charge is 2.13. The van der Waals surface area contributed by atoms with Crippen LogP contribution in [0.1, 0.15) is 25.5 Å². The first-order valence-corrected chi connectivity index (χ1v) is 5.79. The van der Waals surface area contributed by atoms with Gasteiger partial charge in [0.25, 0.3) is 0 Å². The van der Waals surface area contributed by atoms with E-state index in [0.717, 1.165) is 17.1 Å². The smallest absolute Gasteiger partial charge is 0.122 e. The van der Waals surface area contributed by atoms with Crippen LogP contribution in [0.2, 0.25) is 0 Å². The molecule has 0 aliphatic rings. The Kier molecular flexibility index (Phi) is 5.25. The van der Waals surface area contributed by atoms with E-state index in [1.807, 2.05) is 18.2 Å². The Bertz CT molecular complexity index is 331. The van der Waals surface area contributed by atoms with Crippen LogP contribution >= 0.6 is 0 Å². The molecule has 0 aliphatic heterocycles. The first-order valence-electron chi connectivity index (χ1n) is 5.79. The number of nitrogens with two attached hydrogens (primary N) is 1. The van der Waals surface area contributed by atoms with E-state index in [1.165, 1.54) is 0 Å². The fourth-order valence-electron chi connectivity index (χ4n) is 1.73. The topological polar surface area (TPSA) is 56.5 Å². The van der Waals surface area contributed by atoms with E-state index in [-0.39, 0.29) is 6.04 Å². The molecule has 1 rings (SSSR count). The Balaban J connectivity index is 3.00. The van der Waals surface area contributed by atoms with Crippen LogP contribution in [0.4, 0.5) is 0 Å². The fraction of sp³-hybridized carbons (Fsp3) is 0.538. The summed E-state index contributed by atoms with van der Waals surface area (Å²) in [6, 6.07) is 6.30. The van der Waals surface area contributed by atoms with Crippen LogP contribution in [0.25, 0.3) is 0 Å². The SMILES string of the molecule is COc1cc(OC)cc(C(CN)NC(C)C)c1. The molecule has 0 aromatic heterocycles. The van der Waals surface area contributed by atoms with Crippen molar-refractivity contribution in [2.75, 3.05) is 20.8 Å². The van der Waals surface area contributed by atoms with Gasteiger partial charge in [0.2, 0.25) is 0 Å². The quantitative estimate of drug-likeness (QED) is 0.792. The Morgan fingerprint density at radius 3 is 2.00 bits per heavy atom. The molecular weight excluding hydrogens is 216 g/mol. The molecule has 1 atom stereocenters. The zero-order chi connectivity index (χ0) is 12.8. The highest BCUT2D eigenvalue weighted by Crippen LogP contribution is 2.26. The van der Waals surface area contributed by atoms with Crippen LogP contribution in [0, 0.1) is 0 Å². The molecule has 0 amide bonds. The summed E-state index contributed by atoms with van der Waals surface area (Å²) in [4.78, 5) is 0. The molecule has 0 spiro atoms. The van der Waals surface area contributed by atoms with E-state index >= 15 is 0 Å². The Morgan fingerprint density at radius 2 is 1.65 bits per heavy atom. The average Bonchev–Trinajstić information content (AvgIpc) is 2.34. The fourth-order valence-corrected chi connectivity index (χ4v) is 1.73. The standard InChI is InChI=1S/C13H22N2O2/c1-9(2)15-13(8-14)10-5-11(16-3)7-12(6-10)17-4/h5-7,9,13,15H,8,14H2,1-4H3. The first-order chi connectivity index (χ1) is 8.10. The normalized spacial score (nSPS) is 12.6. The summed E-state index contributed by atoms with van der Waals surface area (Å²) < 4.78 is 10.5. The van der Waals surface area contributed by atoms with Gasteiger partial charge < -0.3 is 20.5 Å². The molecule has 3 N–H and O–H groups in total. The summed E-state index contributed by atoms with van der Waals surface area (Å²) in [5.74, 6) is 1.56. The average molecular weight is 238 g/mol. The third-order valence-corrected chi connectivity index (χ3v) is 2.55. The predicted molar refractivity (Wildman–Crippen MR) is 69.6 cm³/mol. The van der Waals surface area contributed by atoms with E-state index in [4.69, 9.17) is 15.2 Å². The van der Waals surface area contributed by atoms with E-state index in [2.05, 4.69) is 19.2 Å². The maximum absolute atomic E-state index is 5.79. The molecule has 17 heavy (non-hydrogen) atoms. The van der Waals surface area contributed by atoms with Gasteiger partial charge in [-0.1, -0.05) is 13.8 Å². The summed E-state index contributed by atoms with van der Waals surface area (Å²) in [5, 5.41) is 3.41. The second-order valence-corrected chi connectivity index (χ2v) is 4.26. The maximum atomic E-state index is 5.79. The van der Waals surface area contributed by atoms with Gasteiger partial charge in [-0.05, 0) is 17.7 Å². The third kappa shape index (κ3) is 3.91. The molecule has 0 radical (unpaired) electrons. The van der Waals surface area contributed by atoms with Gasteiger partial charge in [0.1, 0.15) is 11.5 Å². The van der Waals surface area contributed by atoms with Crippen LogP contribution in [0.15, 0.2) is 18.2 Å². The third-order valence-electron chi connectivity index (χ3n) is 2.55. The largest absolute Gasteiger partial charge is 0.497 e. The molecule has 0 saturated carbocycles. The summed E-state index contributed by atoms with van der Waals surface area (Å²) >= 11 is 0. The van der Waals surface area contributed by atoms with Crippen LogP contribution < -0.4 is 20.5 Å². The molecule has 4 nitrogen and oxygen atoms in total. The van der Waals surface area contributed by atoms with Crippen molar-refractivity contribution in [1.29, 1.82) is 0 Å². The van der Waals surface area contributed by atoms with Gasteiger partial charge in [-0.3, -0.25) is 0 Å². The predicted octanol–water partition coefficient (Wildman–Crippen LogP) is 1.70. The van der Waals surface area contributed by atoms with Gasteiger partial charge in [-0.15, -0.1) is 0 Å². The lowest BCUT2D eigenvalue weighted by Gasteiger charge is -2.21. The molecule has 0 aliphatic carbocycles. The van der Waals surface area contributed by atoms with Crippen molar-refractivity contribution < 1.29 is 9.47 Å². The summed E-state index contributed by atoms with van der Waals surface area (Å²) in [5.41, 5.74) is 6.87. The molecular formula is C13H22N2O2. The molecule has 0 heterocycles. The zero-order valence-electron chi connectivity index (χ0n) is 11.0. The lowest BCUT2D eigenvalue weighted by atomic mass is 10.1. The summed E-state index contributed by atoms with van der Waals surface area (Å²) in [7, 11) is 3.29. The van der Waals surface area contributed by atoms with E-state index in [1.54, 1.807) is 14.2 Å². The molecule has 0 fully saturated rings. The monoisotopic (exact) mass is 238 g/mol. The van der Waals surface area contributed by atoms with Crippen molar-refractivity contribution in [2.24, 2.45) is 5.73 Å². The minimum atomic E-state index is 0.110. The number of nitrogens with one attached hydrogen (secondary N) is 1. The zero-order valence-corrected chi connectivity index (χ0v) is 11.0. The maximum Gasteiger partial charge on any atom is 0.122 e. The molecule has 4 heteroatoms. The van der Waals surface area contributed by atoms with Crippen LogP contribution in [0.5, 0.6) is 11.5 Å². The lowest BCUT2D eigenvalue weighted by Crippen LogP contribution is -2.33. The summed E-state index contributed by atoms with van der Waals surface area (Å²) in [6.07, 6.45) is 0. The Labute approximate surface area is 103 Å². The van der Waals surface area contributed by atoms with E-state index < -0.39 is 0 Å². The molecule has 0 bridgehead atoms. The van der Waals surface area contributed by atoms with Crippen LogP contribution in [-0.2, 0) is 0 Å². The highest BCUT2D eigenvalue weighted by atomic mass is 16.5. The van der Waals surface area contributed by atoms with Gasteiger partial charge >= 0.3 is 0 Å². The van der Waals surface area contributed by atoms with Gasteiger partial charge in [0.05, 0.1) is 14.2 Å². The second kappa shape index (κ2) is 6.47. The summed E-state index contributed by atoms with van der Waals surface area (Å²) in [6.45, 7) is 4.73. The molecule has 1 aromatic carbocycles. The number of hydrogen-bond donors (Lipinski definition) is 2. The number of ether oxygens (including phenoxy) is 2. The Morgan fingerprint density at radius 1 is 1.12 bits per heavy atom. The first kappa shape index (κ1) is 13.8. The van der Waals surface area contributed by atoms with Gasteiger partial charge in [0, 0.05) is 24.7 Å². The number of rotatable bonds is 6. The minimum absolute atomic E-state index is 0.110. The molecule has 1 aromatic rings. The van der Waals surface area contributed by atoms with E-state index in [9.17, 15) is 0 Å². The number of methoxy groups -OCH3 is 2. The van der Waals surface area contributed by atoms with Gasteiger partial charge in [-0.2, -0.15) is 0 Å². The van der Waals surface area contributed by atoms with Crippen molar-refractivity contribution in [1.82, 2.24) is 5.32 Å². The van der Waals surface area contributed by atoms with Crippen molar-refractivity contribution in [2.45, 2.75) is 25.9 Å². The second-order valence-electron chi connectivity index (χ2n) is 4.26. The van der Waals surface area contributed by atoms with Crippen molar-refractivity contribution >= 4 is 0 Å². The van der Waals surface area contributed by atoms with Crippen molar-refractivity contribution in [3.8, 4) is 11.5 Å². The van der Waals surface area contributed by atoms with Crippen molar-refractivity contribution in [3.05, 3.63) is 23.8 Å². The van der Waals surface area contributed by atoms with Gasteiger partial charge in [-0.25, -0.2) is 0 Å². The molecule has 96 valence electrons. The lowest BCUT2D eigenvalue weighted by molar-refractivity contribution is 0.390.